The van der Waals surface area contributed by atoms with Crippen LogP contribution < -0.4 is 5.32 Å². The summed E-state index contributed by atoms with van der Waals surface area (Å²) in [6, 6.07) is 8.12. The Labute approximate surface area is 116 Å². The lowest BCUT2D eigenvalue weighted by molar-refractivity contribution is 0.0884. The molecule has 0 aliphatic heterocycles. The van der Waals surface area contributed by atoms with Gasteiger partial charge in [-0.15, -0.1) is 0 Å². The van der Waals surface area contributed by atoms with Crippen LogP contribution in [0.4, 0.5) is 4.79 Å². The van der Waals surface area contributed by atoms with Crippen LogP contribution in [0.25, 0.3) is 0 Å². The van der Waals surface area contributed by atoms with Gasteiger partial charge in [0.15, 0.2) is 0 Å². The second-order valence-electron chi connectivity index (χ2n) is 5.02. The molecule has 1 amide bonds. The van der Waals surface area contributed by atoms with Crippen LogP contribution in [0.2, 0.25) is 0 Å². The fraction of sp³-hybridized carbons (Fsp3) is 0.500. The lowest BCUT2D eigenvalue weighted by Gasteiger charge is -2.42. The third-order valence-corrected chi connectivity index (χ3v) is 3.82. The van der Waals surface area contributed by atoms with Crippen LogP contribution >= 0.6 is 15.9 Å². The number of carbonyl (C=O) groups excluding carboxylic acids is 1. The number of alkyl carbamates (subject to hydrolysis) is 1. The first-order valence-corrected chi connectivity index (χ1v) is 7.06. The first kappa shape index (κ1) is 13.4. The predicted octanol–water partition coefficient (Wildman–Crippen LogP) is 3.96. The molecular formula is C14H18BrNO2. The van der Waals surface area contributed by atoms with E-state index in [0.717, 1.165) is 29.3 Å². The van der Waals surface area contributed by atoms with Crippen LogP contribution in [-0.2, 0) is 10.3 Å². The number of hydrogen-bond donors (Lipinski definition) is 1. The van der Waals surface area contributed by atoms with Crippen molar-refractivity contribution >= 4 is 22.0 Å². The molecule has 0 spiro atoms. The third-order valence-electron chi connectivity index (χ3n) is 3.29. The monoisotopic (exact) mass is 311 g/mol. The Hall–Kier alpha value is -1.03. The fourth-order valence-electron chi connectivity index (χ4n) is 2.22. The van der Waals surface area contributed by atoms with Crippen molar-refractivity contribution < 1.29 is 9.53 Å². The van der Waals surface area contributed by atoms with E-state index in [4.69, 9.17) is 4.74 Å². The van der Waals surface area contributed by atoms with E-state index in [9.17, 15) is 4.79 Å². The number of ether oxygens (including phenoxy) is 1. The van der Waals surface area contributed by atoms with Gasteiger partial charge in [0.05, 0.1) is 11.6 Å². The van der Waals surface area contributed by atoms with Gasteiger partial charge in [0.1, 0.15) is 0 Å². The van der Waals surface area contributed by atoms with E-state index in [-0.39, 0.29) is 17.7 Å². The van der Waals surface area contributed by atoms with Crippen LogP contribution in [0, 0.1) is 0 Å². The van der Waals surface area contributed by atoms with Crippen LogP contribution in [-0.4, -0.2) is 12.2 Å². The zero-order chi connectivity index (χ0) is 13.2. The van der Waals surface area contributed by atoms with Gasteiger partial charge in [-0.2, -0.15) is 0 Å². The average molecular weight is 312 g/mol. The summed E-state index contributed by atoms with van der Waals surface area (Å²) in [5.41, 5.74) is 0.921. The summed E-state index contributed by atoms with van der Waals surface area (Å²) in [6.07, 6.45) is 2.67. The Balaban J connectivity index is 2.11. The van der Waals surface area contributed by atoms with Gasteiger partial charge in [-0.1, -0.05) is 28.1 Å². The summed E-state index contributed by atoms with van der Waals surface area (Å²) in [6.45, 7) is 3.71. The molecule has 1 N–H and O–H groups in total. The number of amides is 1. The standard InChI is InChI=1S/C14H18BrNO2/c1-10(2)18-13(17)16-14(8-3-9-14)11-4-6-12(15)7-5-11/h4-7,10H,3,8-9H2,1-2H3,(H,16,17). The zero-order valence-corrected chi connectivity index (χ0v) is 12.3. The fourth-order valence-corrected chi connectivity index (χ4v) is 2.49. The predicted molar refractivity (Wildman–Crippen MR) is 74.4 cm³/mol. The summed E-state index contributed by atoms with van der Waals surface area (Å²) in [4.78, 5) is 11.8. The first-order valence-electron chi connectivity index (χ1n) is 6.27. The highest BCUT2D eigenvalue weighted by atomic mass is 79.9. The SMILES string of the molecule is CC(C)OC(=O)NC1(c2ccc(Br)cc2)CCC1. The van der Waals surface area contributed by atoms with Crippen molar-refractivity contribution in [2.45, 2.75) is 44.8 Å². The van der Waals surface area contributed by atoms with Crippen LogP contribution in [0.5, 0.6) is 0 Å². The minimum atomic E-state index is -0.326. The number of halogens is 1. The molecule has 0 unspecified atom stereocenters. The summed E-state index contributed by atoms with van der Waals surface area (Å²) in [5.74, 6) is 0. The molecule has 0 aromatic heterocycles. The van der Waals surface area contributed by atoms with Crippen molar-refractivity contribution in [1.82, 2.24) is 5.32 Å². The molecule has 0 bridgehead atoms. The van der Waals surface area contributed by atoms with Gasteiger partial charge in [-0.3, -0.25) is 0 Å². The summed E-state index contributed by atoms with van der Waals surface area (Å²) in [5, 5.41) is 3.02. The van der Waals surface area contributed by atoms with Gasteiger partial charge in [0, 0.05) is 4.47 Å². The Morgan fingerprint density at radius 2 is 1.94 bits per heavy atom. The summed E-state index contributed by atoms with van der Waals surface area (Å²) in [7, 11) is 0. The van der Waals surface area contributed by atoms with E-state index in [1.165, 1.54) is 0 Å². The van der Waals surface area contributed by atoms with E-state index >= 15 is 0 Å². The maximum absolute atomic E-state index is 11.8. The second-order valence-corrected chi connectivity index (χ2v) is 5.94. The number of benzene rings is 1. The van der Waals surface area contributed by atoms with Gasteiger partial charge >= 0.3 is 6.09 Å². The lowest BCUT2D eigenvalue weighted by Crippen LogP contribution is -2.51. The Morgan fingerprint density at radius 1 is 1.33 bits per heavy atom. The Morgan fingerprint density at radius 3 is 2.39 bits per heavy atom. The van der Waals surface area contributed by atoms with Crippen molar-refractivity contribution in [3.63, 3.8) is 0 Å². The molecule has 2 rings (SSSR count). The molecule has 1 aliphatic rings. The maximum Gasteiger partial charge on any atom is 0.408 e. The number of carbonyl (C=O) groups is 1. The minimum Gasteiger partial charge on any atom is -0.447 e. The van der Waals surface area contributed by atoms with Gasteiger partial charge in [0.2, 0.25) is 0 Å². The molecule has 98 valence electrons. The van der Waals surface area contributed by atoms with Crippen molar-refractivity contribution in [3.05, 3.63) is 34.3 Å². The maximum atomic E-state index is 11.8. The molecule has 1 aromatic rings. The van der Waals surface area contributed by atoms with Crippen molar-refractivity contribution in [3.8, 4) is 0 Å². The largest absolute Gasteiger partial charge is 0.447 e. The van der Waals surface area contributed by atoms with Crippen molar-refractivity contribution in [2.75, 3.05) is 0 Å². The molecule has 1 saturated carbocycles. The summed E-state index contributed by atoms with van der Waals surface area (Å²) >= 11 is 3.42. The molecule has 4 heteroatoms. The molecule has 0 heterocycles. The van der Waals surface area contributed by atoms with Crippen LogP contribution in [0.3, 0.4) is 0 Å². The van der Waals surface area contributed by atoms with Gasteiger partial charge < -0.3 is 10.1 Å². The second kappa shape index (κ2) is 5.31. The number of hydrogen-bond acceptors (Lipinski definition) is 2. The lowest BCUT2D eigenvalue weighted by atomic mass is 9.72. The van der Waals surface area contributed by atoms with E-state index in [0.29, 0.717) is 0 Å². The van der Waals surface area contributed by atoms with Crippen LogP contribution in [0.15, 0.2) is 28.7 Å². The van der Waals surface area contributed by atoms with Crippen LogP contribution in [0.1, 0.15) is 38.7 Å². The quantitative estimate of drug-likeness (QED) is 0.917. The van der Waals surface area contributed by atoms with Crippen molar-refractivity contribution in [1.29, 1.82) is 0 Å². The molecule has 3 nitrogen and oxygen atoms in total. The van der Waals surface area contributed by atoms with Crippen molar-refractivity contribution in [2.24, 2.45) is 0 Å². The van der Waals surface area contributed by atoms with E-state index in [2.05, 4.69) is 33.4 Å². The van der Waals surface area contributed by atoms with Gasteiger partial charge in [0.25, 0.3) is 0 Å². The van der Waals surface area contributed by atoms with Gasteiger partial charge in [-0.25, -0.2) is 4.79 Å². The molecule has 0 saturated heterocycles. The van der Waals surface area contributed by atoms with E-state index < -0.39 is 0 Å². The van der Waals surface area contributed by atoms with Gasteiger partial charge in [-0.05, 0) is 50.8 Å². The Bertz CT molecular complexity index is 424. The molecule has 1 aromatic carbocycles. The topological polar surface area (TPSA) is 38.3 Å². The Kier molecular flexibility index (Phi) is 3.95. The van der Waals surface area contributed by atoms with E-state index in [1.54, 1.807) is 0 Å². The molecule has 1 aliphatic carbocycles. The zero-order valence-electron chi connectivity index (χ0n) is 10.7. The molecule has 0 atom stereocenters. The third kappa shape index (κ3) is 2.86. The first-order chi connectivity index (χ1) is 8.52. The normalized spacial score (nSPS) is 17.1. The average Bonchev–Trinajstić information content (AvgIpc) is 2.24. The molecule has 0 radical (unpaired) electrons. The number of rotatable bonds is 3. The minimum absolute atomic E-state index is 0.0907. The molecule has 18 heavy (non-hydrogen) atoms. The molecular weight excluding hydrogens is 294 g/mol. The smallest absolute Gasteiger partial charge is 0.408 e. The van der Waals surface area contributed by atoms with E-state index in [1.807, 2.05) is 26.0 Å². The highest BCUT2D eigenvalue weighted by Gasteiger charge is 2.40. The highest BCUT2D eigenvalue weighted by Crippen LogP contribution is 2.41. The molecule has 1 fully saturated rings. The number of nitrogens with one attached hydrogen (secondary N) is 1. The summed E-state index contributed by atoms with van der Waals surface area (Å²) < 4.78 is 6.21. The highest BCUT2D eigenvalue weighted by molar-refractivity contribution is 9.10.